The molecule has 3 aliphatic heterocycles. The summed E-state index contributed by atoms with van der Waals surface area (Å²) < 4.78 is 159. The van der Waals surface area contributed by atoms with Crippen molar-refractivity contribution in [1.29, 1.82) is 0 Å². The number of amides is 3. The van der Waals surface area contributed by atoms with E-state index in [1.807, 2.05) is 0 Å². The number of carbonyl (C=O) groups excluding carboxylic acids is 3. The summed E-state index contributed by atoms with van der Waals surface area (Å²) in [6, 6.07) is 29.0. The molecule has 3 fully saturated rings. The molecular formula is C89H112BrF9N12O12Si2. The Morgan fingerprint density at radius 3 is 1.12 bits per heavy atom. The van der Waals surface area contributed by atoms with Crippen molar-refractivity contribution in [3.8, 4) is 34.5 Å². The second-order valence-corrected chi connectivity index (χ2v) is 44.2. The summed E-state index contributed by atoms with van der Waals surface area (Å²) >= 11 is 3.21. The first-order chi connectivity index (χ1) is 57.7. The highest BCUT2D eigenvalue weighted by Gasteiger charge is 2.49. The van der Waals surface area contributed by atoms with Gasteiger partial charge in [-0.15, -0.1) is 0 Å². The van der Waals surface area contributed by atoms with Crippen molar-refractivity contribution < 1.29 is 96.3 Å². The maximum absolute atomic E-state index is 14.8. The number of aromatic nitrogens is 6. The number of aliphatic hydroxyl groups is 1. The van der Waals surface area contributed by atoms with Gasteiger partial charge in [-0.25, -0.2) is 54.5 Å². The normalized spacial score (nSPS) is 17.6. The molecule has 24 nitrogen and oxygen atoms in total. The maximum Gasteiger partial charge on any atom is 0.257 e. The molecule has 9 heterocycles. The summed E-state index contributed by atoms with van der Waals surface area (Å²) in [5.74, 6) is -10.6. The third kappa shape index (κ3) is 28.7. The van der Waals surface area contributed by atoms with Crippen molar-refractivity contribution in [2.24, 2.45) is 0 Å². The average Bonchev–Trinajstić information content (AvgIpc) is 0.792. The van der Waals surface area contributed by atoms with E-state index in [-0.39, 0.29) is 123 Å². The van der Waals surface area contributed by atoms with Crippen LogP contribution in [0.4, 0.5) is 57.0 Å². The van der Waals surface area contributed by atoms with Crippen LogP contribution in [0.25, 0.3) is 0 Å². The molecule has 0 saturated carbocycles. The van der Waals surface area contributed by atoms with Gasteiger partial charge >= 0.3 is 0 Å². The topological polar surface area (TPSA) is 292 Å². The summed E-state index contributed by atoms with van der Waals surface area (Å²) in [5.41, 5.74) is 2.69. The molecule has 3 aliphatic rings. The third-order valence-electron chi connectivity index (χ3n) is 22.4. The van der Waals surface area contributed by atoms with E-state index in [1.54, 1.807) is 73.0 Å². The monoisotopic (exact) mass is 1850 g/mol. The van der Waals surface area contributed by atoms with Crippen molar-refractivity contribution in [2.75, 3.05) is 55.2 Å². The van der Waals surface area contributed by atoms with Gasteiger partial charge in [0.15, 0.2) is 53.8 Å². The van der Waals surface area contributed by atoms with E-state index in [9.17, 15) is 74.6 Å². The first-order valence-electron chi connectivity index (χ1n) is 39.8. The van der Waals surface area contributed by atoms with E-state index in [2.05, 4.69) is 120 Å². The lowest BCUT2D eigenvalue weighted by Crippen LogP contribution is -2.52. The number of nitrogens with zero attached hydrogens (tertiary/aromatic N) is 8. The summed E-state index contributed by atoms with van der Waals surface area (Å²) in [5, 5.41) is 53.9. The van der Waals surface area contributed by atoms with Crippen LogP contribution in [0.3, 0.4) is 0 Å². The van der Waals surface area contributed by atoms with Crippen molar-refractivity contribution in [3.63, 3.8) is 0 Å². The minimum atomic E-state index is -2.96. The molecule has 3 amide bonds. The third-order valence-corrected chi connectivity index (χ3v) is 31.8. The summed E-state index contributed by atoms with van der Waals surface area (Å²) in [4.78, 5) is 53.3. The molecule has 3 saturated heterocycles. The van der Waals surface area contributed by atoms with Crippen LogP contribution in [0.15, 0.2) is 183 Å². The fourth-order valence-corrected chi connectivity index (χ4v) is 14.6. The predicted molar refractivity (Wildman–Crippen MR) is 468 cm³/mol. The molecule has 0 aliphatic carbocycles. The highest BCUT2D eigenvalue weighted by molar-refractivity contribution is 9.10. The number of halogens is 10. The minimum absolute atomic E-state index is 0. The van der Waals surface area contributed by atoms with Crippen LogP contribution in [0.1, 0.15) is 148 Å². The lowest BCUT2D eigenvalue weighted by molar-refractivity contribution is -0.605. The molecule has 3 aromatic carbocycles. The zero-order valence-corrected chi connectivity index (χ0v) is 74.2. The fraction of sp³-hybridized carbons (Fsp3) is 0.427. The molecule has 0 unspecified atom stereocenters. The van der Waals surface area contributed by atoms with E-state index in [4.69, 9.17) is 23.1 Å². The van der Waals surface area contributed by atoms with E-state index < -0.39 is 101 Å². The molecule has 6 aromatic heterocycles. The van der Waals surface area contributed by atoms with Gasteiger partial charge in [0.05, 0.1) is 73.1 Å². The highest BCUT2D eigenvalue weighted by Crippen LogP contribution is 2.45. The predicted octanol–water partition coefficient (Wildman–Crippen LogP) is 18.8. The van der Waals surface area contributed by atoms with Crippen LogP contribution in [0, 0.1) is 33.1 Å². The molecule has 0 radical (unpaired) electrons. The number of hydrogen-bond donors (Lipinski definition) is 5. The molecule has 0 spiro atoms. The van der Waals surface area contributed by atoms with Crippen LogP contribution in [0.2, 0.25) is 36.3 Å². The molecular weight excluding hydrogens is 1740 g/mol. The number of hydrogen-bond acceptors (Lipinski definition) is 18. The zero-order valence-electron chi connectivity index (χ0n) is 70.6. The van der Waals surface area contributed by atoms with E-state index in [1.165, 1.54) is 135 Å². The largest absolute Gasteiger partial charge is 0.619 e. The van der Waals surface area contributed by atoms with Gasteiger partial charge in [0.25, 0.3) is 17.8 Å². The number of pyridine rings is 6. The zero-order chi connectivity index (χ0) is 90.2. The van der Waals surface area contributed by atoms with Crippen LogP contribution < -0.4 is 49.7 Å². The van der Waals surface area contributed by atoms with Crippen molar-refractivity contribution >= 4 is 67.7 Å². The molecule has 9 aromatic rings. The van der Waals surface area contributed by atoms with E-state index in [0.29, 0.717) is 83.1 Å². The number of ether oxygens (including phenoxy) is 3. The standard InChI is InChI=1S/C31H39F3N4O4Si.C25H25F3N4O4.C21H28BrFN2O3Si.C10H12F2N2O.2CH4/c1-21(37-16-13-31(33,34)26(19-37)22-11-14-38(40)15-12-22)29(39)36-28-10-8-25(18-35-28)42-27-9-7-24(32)17-23(27)20-41-43(5,6)30(2,3)4;1-16(31-11-8-25(27,28)21(14-31)17-6-9-32(35)10-7-17)24(34)30-23-5-3-20(13-29-23)36-22-4-2-19(26)12-18(22)15-33;1-14(22)20(26)25-19-10-8-17(12-24-19)28-18-9-7-16(23)11-15(18)13-27-29(5,6)21(2,3)4;11-10(12)3-4-13-7-9(10)8-1-5-14(15)6-2-8;;/h7-12,14-15,17-18,21,26H,13,16,19-20H2,1-6H3,(H,35,36,39);2-7,9-10,12-13,16,21,33H,8,11,14-15H2,1H3,(H,29,30,34);7-12,14H,13H2,1-6H3,(H,24,25,26);1-2,5-6,9,13H,3-4,7H2;2*1H4/t21-,26+;16-,21+;14-;9-;;/m0011../s1. The Hall–Kier alpha value is -10.2. The first kappa shape index (κ1) is 102. The number of alkyl halides is 7. The maximum atomic E-state index is 14.8. The Labute approximate surface area is 734 Å². The minimum Gasteiger partial charge on any atom is -0.619 e. The number of rotatable bonds is 24. The highest BCUT2D eigenvalue weighted by atomic mass is 79.9. The van der Waals surface area contributed by atoms with Gasteiger partial charge in [-0.05, 0) is 165 Å². The van der Waals surface area contributed by atoms with Crippen molar-refractivity contribution in [3.05, 3.63) is 250 Å². The Bertz CT molecular complexity index is 5000. The van der Waals surface area contributed by atoms with E-state index >= 15 is 0 Å². The number of piperidine rings is 3. The van der Waals surface area contributed by atoms with Gasteiger partial charge in [0.1, 0.15) is 69.4 Å². The SMILES string of the molecule is C.C.C[C@@H](Br)C(=O)Nc1ccc(Oc2ccc(F)cc2CO[Si](C)(C)C(C)(C)C)cn1.C[C@@H](C(=O)Nc1ccc(Oc2ccc(F)cc2CO)cn1)N1CCC(F)(F)[C@@H](c2cc[n+]([O-])cc2)C1.C[C@@H](C(=O)Nc1ccc(Oc2ccc(F)cc2CO[Si](C)(C)C(C)(C)C)cn1)N1CCC(F)(F)[C@@H](c2cc[n+]([O-])cc2)C1.[O-][n+]1ccc([C@H]2CNCCC2(F)F)cc1. The molecule has 12 rings (SSSR count). The fourth-order valence-electron chi connectivity index (χ4n) is 12.6. The second-order valence-electron chi connectivity index (χ2n) is 33.3. The van der Waals surface area contributed by atoms with Gasteiger partial charge in [0.2, 0.25) is 17.7 Å². The van der Waals surface area contributed by atoms with Gasteiger partial charge in [-0.1, -0.05) is 72.3 Å². The van der Waals surface area contributed by atoms with Crippen LogP contribution in [-0.2, 0) is 43.1 Å². The Balaban J connectivity index is 0.000000239. The number of benzene rings is 3. The van der Waals surface area contributed by atoms with Gasteiger partial charge in [-0.3, -0.25) is 24.2 Å². The smallest absolute Gasteiger partial charge is 0.257 e. The Morgan fingerprint density at radius 2 is 0.816 bits per heavy atom. The molecule has 0 bridgehead atoms. The number of anilines is 3. The lowest BCUT2D eigenvalue weighted by Gasteiger charge is -2.40. The lowest BCUT2D eigenvalue weighted by atomic mass is 9.87. The molecule has 36 heteroatoms. The summed E-state index contributed by atoms with van der Waals surface area (Å²) in [7, 11) is -4.07. The summed E-state index contributed by atoms with van der Waals surface area (Å²) in [6.07, 6.45) is 10.6. The average molecular weight is 1850 g/mol. The van der Waals surface area contributed by atoms with Crippen LogP contribution >= 0.6 is 15.9 Å². The number of nitrogens with one attached hydrogen (secondary N) is 4. The molecule has 678 valence electrons. The van der Waals surface area contributed by atoms with Gasteiger partial charge < -0.3 is 65.1 Å². The summed E-state index contributed by atoms with van der Waals surface area (Å²) in [6.45, 7) is 27.1. The number of likely N-dealkylation sites (tertiary alicyclic amines) is 2. The Morgan fingerprint density at radius 1 is 0.504 bits per heavy atom. The van der Waals surface area contributed by atoms with Gasteiger partial charge in [0, 0.05) is 112 Å². The van der Waals surface area contributed by atoms with E-state index in [0.717, 1.165) is 6.07 Å². The second kappa shape index (κ2) is 43.8. The van der Waals surface area contributed by atoms with Gasteiger partial charge in [-0.2, -0.15) is 14.2 Å². The van der Waals surface area contributed by atoms with Crippen molar-refractivity contribution in [1.82, 2.24) is 30.1 Å². The van der Waals surface area contributed by atoms with Crippen molar-refractivity contribution in [2.45, 2.75) is 205 Å². The number of carbonyl (C=O) groups is 3. The Kier molecular flexibility index (Phi) is 35.7. The first-order valence-corrected chi connectivity index (χ1v) is 46.5. The number of aliphatic hydroxyl groups excluding tert-OH is 1. The molecule has 6 atom stereocenters. The molecule has 125 heavy (non-hydrogen) atoms. The van der Waals surface area contributed by atoms with Crippen LogP contribution in [-0.4, -0.2) is 138 Å². The molecule has 5 N–H and O–H groups in total. The van der Waals surface area contributed by atoms with Crippen LogP contribution in [0.5, 0.6) is 34.5 Å². The quantitative estimate of drug-likeness (QED) is 0.0123.